The molecule has 0 spiro atoms. The fourth-order valence-corrected chi connectivity index (χ4v) is 3.78. The molecular weight excluding hydrogens is 346 g/mol. The van der Waals surface area contributed by atoms with Crippen LogP contribution >= 0.6 is 12.4 Å². The predicted molar refractivity (Wildman–Crippen MR) is 96.6 cm³/mol. The van der Waals surface area contributed by atoms with Crippen LogP contribution in [-0.4, -0.2) is 47.5 Å². The number of amides is 1. The molecule has 2 fully saturated rings. The molecule has 2 atom stereocenters. The average molecular weight is 370 g/mol. The third-order valence-electron chi connectivity index (χ3n) is 5.02. The lowest BCUT2D eigenvalue weighted by Gasteiger charge is -2.35. The molecule has 25 heavy (non-hydrogen) atoms. The summed E-state index contributed by atoms with van der Waals surface area (Å²) < 4.78 is 5.27. The zero-order valence-corrected chi connectivity index (χ0v) is 15.3. The number of nitro groups is 1. The average Bonchev–Trinajstić information content (AvgIpc) is 2.92. The normalized spacial score (nSPS) is 24.3. The Morgan fingerprint density at radius 3 is 2.56 bits per heavy atom. The first kappa shape index (κ1) is 19.5. The van der Waals surface area contributed by atoms with Gasteiger partial charge in [-0.1, -0.05) is 0 Å². The Morgan fingerprint density at radius 2 is 2.00 bits per heavy atom. The van der Waals surface area contributed by atoms with Gasteiger partial charge in [0.2, 0.25) is 0 Å². The molecule has 0 aliphatic carbocycles. The fourth-order valence-electron chi connectivity index (χ4n) is 3.78. The summed E-state index contributed by atoms with van der Waals surface area (Å²) in [5.74, 6) is 0.0223. The van der Waals surface area contributed by atoms with Crippen LogP contribution < -0.4 is 10.1 Å². The number of ether oxygens (including phenoxy) is 1. The van der Waals surface area contributed by atoms with Crippen molar-refractivity contribution in [3.05, 3.63) is 33.9 Å². The van der Waals surface area contributed by atoms with Gasteiger partial charge < -0.3 is 15.0 Å². The summed E-state index contributed by atoms with van der Waals surface area (Å²) in [5.41, 5.74) is 0.167. The van der Waals surface area contributed by atoms with E-state index in [2.05, 4.69) is 5.32 Å². The highest BCUT2D eigenvalue weighted by molar-refractivity contribution is 5.95. The largest absolute Gasteiger partial charge is 0.487 e. The van der Waals surface area contributed by atoms with E-state index in [1.165, 1.54) is 12.1 Å². The van der Waals surface area contributed by atoms with Crippen LogP contribution in [0.3, 0.4) is 0 Å². The zero-order valence-electron chi connectivity index (χ0n) is 14.4. The van der Waals surface area contributed by atoms with Gasteiger partial charge in [0.25, 0.3) is 5.91 Å². The molecule has 1 aromatic rings. The topological polar surface area (TPSA) is 84.7 Å². The molecule has 2 unspecified atom stereocenters. The fraction of sp³-hybridized carbons (Fsp3) is 0.588. The first-order valence-corrected chi connectivity index (χ1v) is 8.44. The van der Waals surface area contributed by atoms with Crippen molar-refractivity contribution < 1.29 is 14.5 Å². The van der Waals surface area contributed by atoms with Gasteiger partial charge >= 0.3 is 5.69 Å². The van der Waals surface area contributed by atoms with Crippen LogP contribution in [-0.2, 0) is 0 Å². The molecule has 2 aliphatic rings. The molecule has 2 aliphatic heterocycles. The van der Waals surface area contributed by atoms with E-state index in [9.17, 15) is 14.9 Å². The monoisotopic (exact) mass is 369 g/mol. The van der Waals surface area contributed by atoms with E-state index in [1.807, 2.05) is 0 Å². The SMILES string of the molecule is CCOc1ccc(C(=O)N(C)C2CC3CCC(C2)N3)cc1[N+](=O)[O-].Cl. The molecule has 0 radical (unpaired) electrons. The van der Waals surface area contributed by atoms with Crippen LogP contribution in [0.4, 0.5) is 5.69 Å². The van der Waals surface area contributed by atoms with E-state index in [4.69, 9.17) is 4.74 Å². The van der Waals surface area contributed by atoms with E-state index in [1.54, 1.807) is 24.9 Å². The Bertz CT molecular complexity index is 643. The van der Waals surface area contributed by atoms with E-state index >= 15 is 0 Å². The van der Waals surface area contributed by atoms with Gasteiger partial charge in [-0.3, -0.25) is 14.9 Å². The van der Waals surface area contributed by atoms with Crippen molar-refractivity contribution in [3.8, 4) is 5.75 Å². The number of hydrogen-bond acceptors (Lipinski definition) is 5. The van der Waals surface area contributed by atoms with Crippen LogP contribution in [0.15, 0.2) is 18.2 Å². The van der Waals surface area contributed by atoms with Gasteiger partial charge in [-0.25, -0.2) is 0 Å². The zero-order chi connectivity index (χ0) is 17.3. The highest BCUT2D eigenvalue weighted by Crippen LogP contribution is 2.31. The minimum absolute atomic E-state index is 0. The molecule has 1 amide bonds. The number of piperidine rings is 1. The number of nitrogens with one attached hydrogen (secondary N) is 1. The molecule has 2 bridgehead atoms. The van der Waals surface area contributed by atoms with Crippen molar-refractivity contribution in [1.29, 1.82) is 0 Å². The number of halogens is 1. The van der Waals surface area contributed by atoms with Crippen molar-refractivity contribution >= 4 is 24.0 Å². The van der Waals surface area contributed by atoms with Crippen LogP contribution in [0.1, 0.15) is 43.0 Å². The van der Waals surface area contributed by atoms with Gasteiger partial charge in [0.05, 0.1) is 11.5 Å². The van der Waals surface area contributed by atoms with Crippen LogP contribution in [0, 0.1) is 10.1 Å². The van der Waals surface area contributed by atoms with Crippen LogP contribution in [0.5, 0.6) is 5.75 Å². The second-order valence-electron chi connectivity index (χ2n) is 6.55. The smallest absolute Gasteiger partial charge is 0.311 e. The third kappa shape index (κ3) is 4.04. The van der Waals surface area contributed by atoms with E-state index < -0.39 is 4.92 Å². The van der Waals surface area contributed by atoms with E-state index in [0.717, 1.165) is 25.7 Å². The van der Waals surface area contributed by atoms with Crippen LogP contribution in [0.25, 0.3) is 0 Å². The standard InChI is InChI=1S/C17H23N3O4.ClH/c1-3-24-16-7-4-11(8-15(16)20(22)23)17(21)19(2)14-9-12-5-6-13(10-14)18-12;/h4,7-8,12-14,18H,3,5-6,9-10H2,1-2H3;1H. The number of nitrogens with zero attached hydrogens (tertiary/aromatic N) is 2. The quantitative estimate of drug-likeness (QED) is 0.637. The lowest BCUT2D eigenvalue weighted by atomic mass is 9.98. The summed E-state index contributed by atoms with van der Waals surface area (Å²) in [6.07, 6.45) is 4.21. The molecule has 1 N–H and O–H groups in total. The molecule has 0 aromatic heterocycles. The van der Waals surface area contributed by atoms with Gasteiger partial charge in [0.1, 0.15) is 0 Å². The second kappa shape index (κ2) is 8.01. The number of carbonyl (C=O) groups excluding carboxylic acids is 1. The third-order valence-corrected chi connectivity index (χ3v) is 5.02. The Balaban J connectivity index is 0.00000225. The molecular formula is C17H24ClN3O4. The van der Waals surface area contributed by atoms with Crippen molar-refractivity contribution in [2.45, 2.75) is 50.7 Å². The minimum atomic E-state index is -0.507. The van der Waals surface area contributed by atoms with Crippen molar-refractivity contribution in [2.24, 2.45) is 0 Å². The van der Waals surface area contributed by atoms with Crippen LogP contribution in [0.2, 0.25) is 0 Å². The molecule has 7 nitrogen and oxygen atoms in total. The Morgan fingerprint density at radius 1 is 1.36 bits per heavy atom. The van der Waals surface area contributed by atoms with Crippen molar-refractivity contribution in [3.63, 3.8) is 0 Å². The Kier molecular flexibility index (Phi) is 6.24. The van der Waals surface area contributed by atoms with Gasteiger partial charge in [0, 0.05) is 36.8 Å². The molecule has 0 saturated carbocycles. The van der Waals surface area contributed by atoms with E-state index in [0.29, 0.717) is 24.3 Å². The predicted octanol–water partition coefficient (Wildman–Crippen LogP) is 2.77. The van der Waals surface area contributed by atoms with Gasteiger partial charge in [-0.2, -0.15) is 0 Å². The molecule has 138 valence electrons. The molecule has 1 aromatic carbocycles. The highest BCUT2D eigenvalue weighted by atomic mass is 35.5. The summed E-state index contributed by atoms with van der Waals surface area (Å²) in [7, 11) is 1.79. The molecule has 8 heteroatoms. The first-order chi connectivity index (χ1) is 11.5. The molecule has 3 rings (SSSR count). The van der Waals surface area contributed by atoms with E-state index in [-0.39, 0.29) is 35.8 Å². The summed E-state index contributed by atoms with van der Waals surface area (Å²) in [4.78, 5) is 25.2. The summed E-state index contributed by atoms with van der Waals surface area (Å²) >= 11 is 0. The molecule has 2 saturated heterocycles. The minimum Gasteiger partial charge on any atom is -0.487 e. The Labute approximate surface area is 153 Å². The van der Waals surface area contributed by atoms with Gasteiger partial charge in [-0.15, -0.1) is 12.4 Å². The second-order valence-corrected chi connectivity index (χ2v) is 6.55. The van der Waals surface area contributed by atoms with Crippen molar-refractivity contribution in [1.82, 2.24) is 10.2 Å². The van der Waals surface area contributed by atoms with Gasteiger partial charge in [-0.05, 0) is 44.7 Å². The Hall–Kier alpha value is -1.86. The number of carbonyl (C=O) groups is 1. The lowest BCUT2D eigenvalue weighted by Crippen LogP contribution is -2.48. The summed E-state index contributed by atoms with van der Waals surface area (Å²) in [5, 5.41) is 14.8. The van der Waals surface area contributed by atoms with Crippen molar-refractivity contribution in [2.75, 3.05) is 13.7 Å². The maximum absolute atomic E-state index is 12.8. The highest BCUT2D eigenvalue weighted by Gasteiger charge is 2.36. The summed E-state index contributed by atoms with van der Waals surface area (Å²) in [6, 6.07) is 5.58. The van der Waals surface area contributed by atoms with Gasteiger partial charge in [0.15, 0.2) is 5.75 Å². The molecule has 2 heterocycles. The lowest BCUT2D eigenvalue weighted by molar-refractivity contribution is -0.385. The maximum Gasteiger partial charge on any atom is 0.311 e. The number of benzene rings is 1. The number of hydrogen-bond donors (Lipinski definition) is 1. The number of rotatable bonds is 5. The summed E-state index contributed by atoms with van der Waals surface area (Å²) in [6.45, 7) is 2.11. The number of fused-ring (bicyclic) bond motifs is 2. The first-order valence-electron chi connectivity index (χ1n) is 8.44. The number of nitro benzene ring substituents is 1. The maximum atomic E-state index is 12.8.